The molecule has 1 rings (SSSR count). The Morgan fingerprint density at radius 3 is 3.14 bits per heavy atom. The molecule has 0 bridgehead atoms. The standard InChI is InChI=1S/C11H14N2O/c1-3-5-11(6-4-2)14-9-10-7-8-12-13-10/h3-8H,1,9H2,2H3,(H,12,13)/b6-4-,11-5+. The highest BCUT2D eigenvalue weighted by Crippen LogP contribution is 2.04. The Morgan fingerprint density at radius 1 is 1.71 bits per heavy atom. The van der Waals surface area contributed by atoms with Crippen molar-refractivity contribution in [2.24, 2.45) is 0 Å². The Bertz CT molecular complexity index is 323. The number of rotatable bonds is 5. The Morgan fingerprint density at radius 2 is 2.57 bits per heavy atom. The number of aromatic nitrogens is 2. The third-order valence-corrected chi connectivity index (χ3v) is 1.57. The maximum absolute atomic E-state index is 5.50. The first kappa shape index (κ1) is 10.3. The zero-order valence-electron chi connectivity index (χ0n) is 8.23. The zero-order chi connectivity index (χ0) is 10.2. The van der Waals surface area contributed by atoms with E-state index in [1.54, 1.807) is 12.3 Å². The monoisotopic (exact) mass is 190 g/mol. The Balaban J connectivity index is 2.49. The molecular formula is C11H14N2O. The fourth-order valence-corrected chi connectivity index (χ4v) is 0.958. The van der Waals surface area contributed by atoms with Crippen molar-refractivity contribution in [1.82, 2.24) is 10.2 Å². The Kier molecular flexibility index (Phi) is 4.27. The maximum Gasteiger partial charge on any atom is 0.130 e. The number of hydrogen-bond acceptors (Lipinski definition) is 2. The molecule has 0 spiro atoms. The number of aromatic amines is 1. The molecule has 0 aromatic carbocycles. The summed E-state index contributed by atoms with van der Waals surface area (Å²) in [5.41, 5.74) is 0.949. The largest absolute Gasteiger partial charge is 0.487 e. The molecule has 3 heteroatoms. The molecule has 0 aliphatic carbocycles. The molecule has 0 saturated carbocycles. The van der Waals surface area contributed by atoms with E-state index in [1.807, 2.05) is 31.2 Å². The van der Waals surface area contributed by atoms with Gasteiger partial charge < -0.3 is 4.74 Å². The summed E-state index contributed by atoms with van der Waals surface area (Å²) in [6.07, 6.45) is 9.02. The lowest BCUT2D eigenvalue weighted by Gasteiger charge is -2.03. The number of ether oxygens (including phenoxy) is 1. The van der Waals surface area contributed by atoms with Crippen LogP contribution in [0.2, 0.25) is 0 Å². The van der Waals surface area contributed by atoms with Crippen molar-refractivity contribution >= 4 is 0 Å². The average molecular weight is 190 g/mol. The van der Waals surface area contributed by atoms with Crippen LogP contribution in [0, 0.1) is 0 Å². The lowest BCUT2D eigenvalue weighted by Crippen LogP contribution is -1.92. The molecule has 1 heterocycles. The molecule has 0 amide bonds. The van der Waals surface area contributed by atoms with Gasteiger partial charge in [-0.15, -0.1) is 0 Å². The maximum atomic E-state index is 5.50. The molecule has 0 saturated heterocycles. The molecular weight excluding hydrogens is 176 g/mol. The summed E-state index contributed by atoms with van der Waals surface area (Å²) in [6.45, 7) is 6.05. The second-order valence-electron chi connectivity index (χ2n) is 2.68. The van der Waals surface area contributed by atoms with Crippen LogP contribution in [0.15, 0.2) is 48.9 Å². The van der Waals surface area contributed by atoms with Crippen LogP contribution in [-0.2, 0) is 11.3 Å². The molecule has 3 nitrogen and oxygen atoms in total. The van der Waals surface area contributed by atoms with Crippen LogP contribution in [0.3, 0.4) is 0 Å². The summed E-state index contributed by atoms with van der Waals surface area (Å²) < 4.78 is 5.50. The lowest BCUT2D eigenvalue weighted by molar-refractivity contribution is 0.207. The van der Waals surface area contributed by atoms with Crippen molar-refractivity contribution < 1.29 is 4.74 Å². The second kappa shape index (κ2) is 5.80. The molecule has 0 aliphatic rings. The first-order valence-electron chi connectivity index (χ1n) is 4.43. The normalized spacial score (nSPS) is 11.9. The van der Waals surface area contributed by atoms with Gasteiger partial charge in [0.2, 0.25) is 0 Å². The van der Waals surface area contributed by atoms with E-state index in [2.05, 4.69) is 16.8 Å². The third-order valence-electron chi connectivity index (χ3n) is 1.57. The molecule has 0 aliphatic heterocycles. The van der Waals surface area contributed by atoms with Gasteiger partial charge in [-0.05, 0) is 25.1 Å². The number of nitrogens with zero attached hydrogens (tertiary/aromatic N) is 1. The number of H-pyrrole nitrogens is 1. The molecule has 74 valence electrons. The van der Waals surface area contributed by atoms with Gasteiger partial charge >= 0.3 is 0 Å². The minimum Gasteiger partial charge on any atom is -0.487 e. The molecule has 0 atom stereocenters. The fraction of sp³-hybridized carbons (Fsp3) is 0.182. The quantitative estimate of drug-likeness (QED) is 0.572. The van der Waals surface area contributed by atoms with E-state index >= 15 is 0 Å². The molecule has 1 aromatic rings. The van der Waals surface area contributed by atoms with Gasteiger partial charge in [0.1, 0.15) is 12.4 Å². The third kappa shape index (κ3) is 3.31. The van der Waals surface area contributed by atoms with Crippen LogP contribution in [-0.4, -0.2) is 10.2 Å². The zero-order valence-corrected chi connectivity index (χ0v) is 8.23. The smallest absolute Gasteiger partial charge is 0.130 e. The van der Waals surface area contributed by atoms with E-state index in [0.29, 0.717) is 6.61 Å². The minimum atomic E-state index is 0.490. The van der Waals surface area contributed by atoms with Crippen LogP contribution in [0.5, 0.6) is 0 Å². The van der Waals surface area contributed by atoms with E-state index in [9.17, 15) is 0 Å². The molecule has 14 heavy (non-hydrogen) atoms. The van der Waals surface area contributed by atoms with Gasteiger partial charge in [0.05, 0.1) is 5.69 Å². The van der Waals surface area contributed by atoms with Crippen molar-refractivity contribution in [3.05, 3.63) is 54.6 Å². The van der Waals surface area contributed by atoms with E-state index in [-0.39, 0.29) is 0 Å². The highest BCUT2D eigenvalue weighted by atomic mass is 16.5. The number of hydrogen-bond donors (Lipinski definition) is 1. The molecule has 0 unspecified atom stereocenters. The van der Waals surface area contributed by atoms with Crippen molar-refractivity contribution in [2.75, 3.05) is 0 Å². The van der Waals surface area contributed by atoms with Gasteiger partial charge in [0, 0.05) is 6.20 Å². The minimum absolute atomic E-state index is 0.490. The van der Waals surface area contributed by atoms with E-state index in [4.69, 9.17) is 4.74 Å². The Hall–Kier alpha value is -1.77. The molecule has 0 fully saturated rings. The predicted molar refractivity (Wildman–Crippen MR) is 56.5 cm³/mol. The van der Waals surface area contributed by atoms with Crippen molar-refractivity contribution in [3.63, 3.8) is 0 Å². The highest BCUT2D eigenvalue weighted by Gasteiger charge is 1.95. The van der Waals surface area contributed by atoms with Gasteiger partial charge in [-0.3, -0.25) is 5.10 Å². The van der Waals surface area contributed by atoms with Gasteiger partial charge in [-0.2, -0.15) is 5.10 Å². The topological polar surface area (TPSA) is 37.9 Å². The molecule has 1 aromatic heterocycles. The Labute approximate surface area is 83.8 Å². The van der Waals surface area contributed by atoms with Crippen molar-refractivity contribution in [1.29, 1.82) is 0 Å². The van der Waals surface area contributed by atoms with E-state index in [0.717, 1.165) is 11.5 Å². The predicted octanol–water partition coefficient (Wildman–Crippen LogP) is 2.57. The summed E-state index contributed by atoms with van der Waals surface area (Å²) in [6, 6.07) is 1.88. The fourth-order valence-electron chi connectivity index (χ4n) is 0.958. The summed E-state index contributed by atoms with van der Waals surface area (Å²) >= 11 is 0. The van der Waals surface area contributed by atoms with Crippen LogP contribution in [0.4, 0.5) is 0 Å². The summed E-state index contributed by atoms with van der Waals surface area (Å²) in [4.78, 5) is 0. The first-order valence-corrected chi connectivity index (χ1v) is 4.43. The average Bonchev–Trinajstić information content (AvgIpc) is 2.67. The van der Waals surface area contributed by atoms with Gasteiger partial charge in [0.15, 0.2) is 0 Å². The number of nitrogens with one attached hydrogen (secondary N) is 1. The lowest BCUT2D eigenvalue weighted by atomic mass is 10.4. The van der Waals surface area contributed by atoms with Gasteiger partial charge in [-0.25, -0.2) is 0 Å². The van der Waals surface area contributed by atoms with Crippen LogP contribution in [0.25, 0.3) is 0 Å². The summed E-state index contributed by atoms with van der Waals surface area (Å²) in [7, 11) is 0. The highest BCUT2D eigenvalue weighted by molar-refractivity contribution is 5.16. The second-order valence-corrected chi connectivity index (χ2v) is 2.68. The van der Waals surface area contributed by atoms with Crippen LogP contribution >= 0.6 is 0 Å². The van der Waals surface area contributed by atoms with E-state index < -0.39 is 0 Å². The van der Waals surface area contributed by atoms with Crippen molar-refractivity contribution in [3.8, 4) is 0 Å². The van der Waals surface area contributed by atoms with Gasteiger partial charge in [0.25, 0.3) is 0 Å². The van der Waals surface area contributed by atoms with E-state index in [1.165, 1.54) is 0 Å². The molecule has 0 radical (unpaired) electrons. The summed E-state index contributed by atoms with van der Waals surface area (Å²) in [5.74, 6) is 0.789. The molecule has 1 N–H and O–H groups in total. The SMILES string of the molecule is C=C/C=C(\C=C/C)OCc1ccn[nH]1. The van der Waals surface area contributed by atoms with Gasteiger partial charge in [-0.1, -0.05) is 18.7 Å². The number of allylic oxidation sites excluding steroid dienone is 4. The first-order chi connectivity index (χ1) is 6.86. The summed E-state index contributed by atoms with van der Waals surface area (Å²) in [5, 5.41) is 6.65. The van der Waals surface area contributed by atoms with Crippen LogP contribution < -0.4 is 0 Å². The van der Waals surface area contributed by atoms with Crippen molar-refractivity contribution in [2.45, 2.75) is 13.5 Å². The van der Waals surface area contributed by atoms with Crippen LogP contribution in [0.1, 0.15) is 12.6 Å².